The lowest BCUT2D eigenvalue weighted by atomic mass is 10.00. The smallest absolute Gasteiger partial charge is 0.228 e. The lowest BCUT2D eigenvalue weighted by Gasteiger charge is -2.34. The van der Waals surface area contributed by atoms with Crippen LogP contribution in [0.3, 0.4) is 0 Å². The third kappa shape index (κ3) is 4.60. The van der Waals surface area contributed by atoms with Crippen LogP contribution in [-0.2, 0) is 9.59 Å². The van der Waals surface area contributed by atoms with Gasteiger partial charge in [0.15, 0.2) is 5.78 Å². The van der Waals surface area contributed by atoms with Gasteiger partial charge in [0.05, 0.1) is 6.42 Å². The number of carbonyl (C=O) groups excluding carboxylic acids is 2. The quantitative estimate of drug-likeness (QED) is 0.821. The molecule has 4 rings (SSSR count). The predicted octanol–water partition coefficient (Wildman–Crippen LogP) is 3.72. The first kappa shape index (κ1) is 20.3. The number of halogens is 1. The van der Waals surface area contributed by atoms with Gasteiger partial charge >= 0.3 is 0 Å². The minimum Gasteiger partial charge on any atom is -0.369 e. The zero-order valence-electron chi connectivity index (χ0n) is 17.2. The lowest BCUT2D eigenvalue weighted by Crippen LogP contribution is -2.44. The van der Waals surface area contributed by atoms with E-state index in [-0.39, 0.29) is 23.9 Å². The van der Waals surface area contributed by atoms with Crippen molar-refractivity contribution in [2.75, 3.05) is 43.4 Å². The largest absolute Gasteiger partial charge is 0.369 e. The summed E-state index contributed by atoms with van der Waals surface area (Å²) >= 11 is 0. The molecule has 156 valence electrons. The highest BCUT2D eigenvalue weighted by Crippen LogP contribution is 2.33. The van der Waals surface area contributed by atoms with Crippen LogP contribution in [0.5, 0.6) is 0 Å². The molecule has 2 aliphatic rings. The summed E-state index contributed by atoms with van der Waals surface area (Å²) in [6.45, 7) is 4.06. The molecule has 0 unspecified atom stereocenters. The third-order valence-corrected chi connectivity index (χ3v) is 5.85. The number of amides is 1. The first-order valence-electron chi connectivity index (χ1n) is 10.3. The van der Waals surface area contributed by atoms with Gasteiger partial charge in [-0.25, -0.2) is 4.39 Å². The SMILES string of the molecule is CN1CCN(c2ccc(NC(=O)CC3=C(c4ccc(F)cc4)CCC3=O)cc2)CC1. The number of allylic oxidation sites excluding steroid dienone is 1. The van der Waals surface area contributed by atoms with E-state index in [0.717, 1.165) is 43.0 Å². The van der Waals surface area contributed by atoms with Gasteiger partial charge in [0, 0.05) is 49.5 Å². The standard InChI is InChI=1S/C24H26FN3O2/c1-27-12-14-28(15-13-27)20-8-6-19(7-9-20)26-24(30)16-22-21(10-11-23(22)29)17-2-4-18(25)5-3-17/h2-9H,10-16H2,1H3,(H,26,30). The molecule has 1 amide bonds. The summed E-state index contributed by atoms with van der Waals surface area (Å²) in [5, 5.41) is 2.90. The van der Waals surface area contributed by atoms with Crippen molar-refractivity contribution in [3.8, 4) is 0 Å². The van der Waals surface area contributed by atoms with Crippen molar-refractivity contribution in [3.63, 3.8) is 0 Å². The predicted molar refractivity (Wildman–Crippen MR) is 117 cm³/mol. The molecule has 5 nitrogen and oxygen atoms in total. The van der Waals surface area contributed by atoms with E-state index >= 15 is 0 Å². The van der Waals surface area contributed by atoms with Crippen LogP contribution in [0, 0.1) is 5.82 Å². The summed E-state index contributed by atoms with van der Waals surface area (Å²) in [7, 11) is 2.13. The number of Topliss-reactive ketones (excluding diaryl/α,β-unsaturated/α-hetero) is 1. The van der Waals surface area contributed by atoms with Gasteiger partial charge in [-0.2, -0.15) is 0 Å². The summed E-state index contributed by atoms with van der Waals surface area (Å²) in [6, 6.07) is 13.9. The molecule has 0 atom stereocenters. The highest BCUT2D eigenvalue weighted by Gasteiger charge is 2.26. The maximum atomic E-state index is 13.2. The van der Waals surface area contributed by atoms with Crippen molar-refractivity contribution >= 4 is 28.6 Å². The van der Waals surface area contributed by atoms with Crippen LogP contribution in [-0.4, -0.2) is 49.8 Å². The molecule has 1 aliphatic heterocycles. The van der Waals surface area contributed by atoms with Gasteiger partial charge in [-0.05, 0) is 61.0 Å². The van der Waals surface area contributed by atoms with E-state index in [4.69, 9.17) is 0 Å². The van der Waals surface area contributed by atoms with Crippen molar-refractivity contribution in [3.05, 3.63) is 65.5 Å². The molecule has 1 saturated heterocycles. The summed E-state index contributed by atoms with van der Waals surface area (Å²) in [6.07, 6.45) is 1.02. The summed E-state index contributed by atoms with van der Waals surface area (Å²) in [4.78, 5) is 29.6. The van der Waals surface area contributed by atoms with Gasteiger partial charge in [-0.15, -0.1) is 0 Å². The van der Waals surface area contributed by atoms with Gasteiger partial charge in [0.2, 0.25) is 5.91 Å². The van der Waals surface area contributed by atoms with Crippen molar-refractivity contribution in [2.45, 2.75) is 19.3 Å². The Kier molecular flexibility index (Phi) is 5.95. The Bertz CT molecular complexity index is 959. The van der Waals surface area contributed by atoms with E-state index in [9.17, 15) is 14.0 Å². The van der Waals surface area contributed by atoms with Crippen LogP contribution in [0.4, 0.5) is 15.8 Å². The molecule has 0 aromatic heterocycles. The average Bonchev–Trinajstić information content (AvgIpc) is 3.10. The third-order valence-electron chi connectivity index (χ3n) is 5.85. The Morgan fingerprint density at radius 2 is 1.63 bits per heavy atom. The van der Waals surface area contributed by atoms with E-state index in [0.29, 0.717) is 24.1 Å². The van der Waals surface area contributed by atoms with Gasteiger partial charge in [0.1, 0.15) is 5.82 Å². The van der Waals surface area contributed by atoms with Gasteiger partial charge in [-0.3, -0.25) is 9.59 Å². The van der Waals surface area contributed by atoms with Crippen LogP contribution in [0.1, 0.15) is 24.8 Å². The minimum absolute atomic E-state index is 0.00473. The number of piperazine rings is 1. The molecular weight excluding hydrogens is 381 g/mol. The molecule has 1 aliphatic carbocycles. The van der Waals surface area contributed by atoms with Gasteiger partial charge in [0.25, 0.3) is 0 Å². The topological polar surface area (TPSA) is 52.6 Å². The zero-order chi connectivity index (χ0) is 21.1. The molecule has 2 aromatic rings. The summed E-state index contributed by atoms with van der Waals surface area (Å²) < 4.78 is 13.2. The molecule has 1 heterocycles. The normalized spacial score (nSPS) is 17.5. The second-order valence-electron chi connectivity index (χ2n) is 7.95. The highest BCUT2D eigenvalue weighted by atomic mass is 19.1. The Balaban J connectivity index is 1.41. The number of likely N-dealkylation sites (N-methyl/N-ethyl adjacent to an activating group) is 1. The maximum Gasteiger partial charge on any atom is 0.228 e. The van der Waals surface area contributed by atoms with Crippen LogP contribution in [0.15, 0.2) is 54.1 Å². The van der Waals surface area contributed by atoms with Crippen LogP contribution >= 0.6 is 0 Å². The van der Waals surface area contributed by atoms with Crippen LogP contribution in [0.2, 0.25) is 0 Å². The Labute approximate surface area is 176 Å². The number of benzene rings is 2. The number of rotatable bonds is 5. The molecule has 0 spiro atoms. The Morgan fingerprint density at radius 1 is 0.967 bits per heavy atom. The molecule has 0 radical (unpaired) electrons. The highest BCUT2D eigenvalue weighted by molar-refractivity contribution is 6.11. The fraction of sp³-hybridized carbons (Fsp3) is 0.333. The van der Waals surface area contributed by atoms with E-state index in [2.05, 4.69) is 22.2 Å². The van der Waals surface area contributed by atoms with E-state index in [1.165, 1.54) is 12.1 Å². The second kappa shape index (κ2) is 8.79. The Morgan fingerprint density at radius 3 is 2.30 bits per heavy atom. The number of nitrogens with one attached hydrogen (secondary N) is 1. The maximum absolute atomic E-state index is 13.2. The number of nitrogens with zero attached hydrogens (tertiary/aromatic N) is 2. The lowest BCUT2D eigenvalue weighted by molar-refractivity contribution is -0.119. The number of ketones is 1. The summed E-state index contributed by atoms with van der Waals surface area (Å²) in [5.41, 5.74) is 4.05. The van der Waals surface area contributed by atoms with E-state index in [1.807, 2.05) is 24.3 Å². The molecule has 6 heteroatoms. The van der Waals surface area contributed by atoms with Crippen molar-refractivity contribution in [1.82, 2.24) is 4.90 Å². The molecule has 1 fully saturated rings. The molecule has 0 saturated carbocycles. The number of carbonyl (C=O) groups is 2. The fourth-order valence-electron chi connectivity index (χ4n) is 4.07. The second-order valence-corrected chi connectivity index (χ2v) is 7.95. The van der Waals surface area contributed by atoms with E-state index < -0.39 is 0 Å². The van der Waals surface area contributed by atoms with Crippen molar-refractivity contribution < 1.29 is 14.0 Å². The van der Waals surface area contributed by atoms with Gasteiger partial charge in [-0.1, -0.05) is 12.1 Å². The molecule has 0 bridgehead atoms. The van der Waals surface area contributed by atoms with Gasteiger partial charge < -0.3 is 15.1 Å². The zero-order valence-corrected chi connectivity index (χ0v) is 17.2. The summed E-state index contributed by atoms with van der Waals surface area (Å²) in [5.74, 6) is -0.537. The first-order chi connectivity index (χ1) is 14.5. The molecule has 30 heavy (non-hydrogen) atoms. The molecular formula is C24H26FN3O2. The molecule has 2 aromatic carbocycles. The first-order valence-corrected chi connectivity index (χ1v) is 10.3. The molecule has 1 N–H and O–H groups in total. The van der Waals surface area contributed by atoms with Crippen LogP contribution in [0.25, 0.3) is 5.57 Å². The average molecular weight is 407 g/mol. The Hall–Kier alpha value is -2.99. The number of hydrogen-bond donors (Lipinski definition) is 1. The van der Waals surface area contributed by atoms with Crippen LogP contribution < -0.4 is 10.2 Å². The fourth-order valence-corrected chi connectivity index (χ4v) is 4.07. The number of hydrogen-bond acceptors (Lipinski definition) is 4. The minimum atomic E-state index is -0.317. The van der Waals surface area contributed by atoms with Crippen molar-refractivity contribution in [1.29, 1.82) is 0 Å². The monoisotopic (exact) mass is 407 g/mol. The van der Waals surface area contributed by atoms with Crippen molar-refractivity contribution in [2.24, 2.45) is 0 Å². The van der Waals surface area contributed by atoms with E-state index in [1.54, 1.807) is 12.1 Å². The number of anilines is 2.